The Morgan fingerprint density at radius 1 is 0.929 bits per heavy atom. The normalized spacial score (nSPS) is 11.2. The molecule has 0 radical (unpaired) electrons. The summed E-state index contributed by atoms with van der Waals surface area (Å²) in [4.78, 5) is 3.17. The Balaban J connectivity index is 2.60. The second-order valence-electron chi connectivity index (χ2n) is 3.37. The fraction of sp³-hybridized carbons (Fsp3) is 0. The molecule has 0 amide bonds. The van der Waals surface area contributed by atoms with Gasteiger partial charge in [0.05, 0.1) is 5.52 Å². The molecule has 0 spiro atoms. The number of halogens is 1. The van der Waals surface area contributed by atoms with E-state index in [1.54, 1.807) is 0 Å². The van der Waals surface area contributed by atoms with E-state index in [2.05, 4.69) is 29.2 Å². The van der Waals surface area contributed by atoms with Gasteiger partial charge in [0.1, 0.15) is 5.15 Å². The van der Waals surface area contributed by atoms with Crippen molar-refractivity contribution in [1.29, 1.82) is 0 Å². The number of nitrogens with one attached hydrogen (secondary N) is 1. The Bertz CT molecular complexity index is 610. The van der Waals surface area contributed by atoms with Gasteiger partial charge in [-0.1, -0.05) is 48.0 Å². The largest absolute Gasteiger partial charge is 0.345 e. The molecular formula is C12H8ClN. The third kappa shape index (κ3) is 1.03. The van der Waals surface area contributed by atoms with E-state index in [9.17, 15) is 0 Å². The highest BCUT2D eigenvalue weighted by atomic mass is 35.5. The number of hydrogen-bond acceptors (Lipinski definition) is 0. The van der Waals surface area contributed by atoms with Gasteiger partial charge in [-0.2, -0.15) is 0 Å². The van der Waals surface area contributed by atoms with E-state index in [0.29, 0.717) is 5.15 Å². The molecule has 0 saturated heterocycles. The quantitative estimate of drug-likeness (QED) is 0.567. The van der Waals surface area contributed by atoms with Crippen molar-refractivity contribution >= 4 is 33.3 Å². The Morgan fingerprint density at radius 2 is 1.71 bits per heavy atom. The summed E-state index contributed by atoms with van der Waals surface area (Å²) in [6, 6.07) is 14.4. The lowest BCUT2D eigenvalue weighted by atomic mass is 10.1. The maximum Gasteiger partial charge on any atom is 0.107 e. The zero-order chi connectivity index (χ0) is 9.54. The van der Waals surface area contributed by atoms with Gasteiger partial charge >= 0.3 is 0 Å². The molecule has 3 aromatic rings. The average molecular weight is 202 g/mol. The molecule has 1 heterocycles. The molecular weight excluding hydrogens is 194 g/mol. The lowest BCUT2D eigenvalue weighted by Crippen LogP contribution is -1.73. The van der Waals surface area contributed by atoms with Crippen molar-refractivity contribution in [3.8, 4) is 0 Å². The van der Waals surface area contributed by atoms with Crippen molar-refractivity contribution in [3.05, 3.63) is 47.6 Å². The van der Waals surface area contributed by atoms with E-state index < -0.39 is 0 Å². The second kappa shape index (κ2) is 2.76. The minimum Gasteiger partial charge on any atom is -0.345 e. The van der Waals surface area contributed by atoms with E-state index in [1.165, 1.54) is 10.8 Å². The Labute approximate surface area is 86.3 Å². The van der Waals surface area contributed by atoms with Gasteiger partial charge in [-0.05, 0) is 11.5 Å². The molecule has 0 aliphatic carbocycles. The van der Waals surface area contributed by atoms with Crippen molar-refractivity contribution in [2.45, 2.75) is 0 Å². The first-order valence-corrected chi connectivity index (χ1v) is 4.88. The highest BCUT2D eigenvalue weighted by molar-refractivity contribution is 6.31. The van der Waals surface area contributed by atoms with Crippen LogP contribution in [0.4, 0.5) is 0 Å². The molecule has 0 unspecified atom stereocenters. The Kier molecular flexibility index (Phi) is 1.55. The zero-order valence-corrected chi connectivity index (χ0v) is 8.18. The third-order valence-electron chi connectivity index (χ3n) is 2.49. The smallest absolute Gasteiger partial charge is 0.107 e. The number of rotatable bonds is 0. The van der Waals surface area contributed by atoms with Crippen molar-refractivity contribution in [2.24, 2.45) is 0 Å². The highest BCUT2D eigenvalue weighted by Gasteiger charge is 2.02. The zero-order valence-electron chi connectivity index (χ0n) is 7.42. The summed E-state index contributed by atoms with van der Waals surface area (Å²) in [5.41, 5.74) is 1.12. The molecule has 0 saturated carbocycles. The SMILES string of the molecule is Clc1cc2ccc3ccccc3c2[nH]1. The van der Waals surface area contributed by atoms with E-state index >= 15 is 0 Å². The molecule has 0 aliphatic rings. The summed E-state index contributed by atoms with van der Waals surface area (Å²) in [5.74, 6) is 0. The Hall–Kier alpha value is -1.47. The van der Waals surface area contributed by atoms with Gasteiger partial charge in [0.15, 0.2) is 0 Å². The van der Waals surface area contributed by atoms with Crippen LogP contribution in [0.3, 0.4) is 0 Å². The molecule has 1 nitrogen and oxygen atoms in total. The minimum atomic E-state index is 0.691. The van der Waals surface area contributed by atoms with E-state index in [1.807, 2.05) is 18.2 Å². The Morgan fingerprint density at radius 3 is 2.64 bits per heavy atom. The maximum absolute atomic E-state index is 5.93. The van der Waals surface area contributed by atoms with Gasteiger partial charge < -0.3 is 4.98 Å². The fourth-order valence-corrected chi connectivity index (χ4v) is 2.05. The van der Waals surface area contributed by atoms with Gasteiger partial charge in [-0.3, -0.25) is 0 Å². The van der Waals surface area contributed by atoms with Crippen LogP contribution in [0.25, 0.3) is 21.7 Å². The second-order valence-corrected chi connectivity index (χ2v) is 3.78. The van der Waals surface area contributed by atoms with Gasteiger partial charge in [0, 0.05) is 10.8 Å². The van der Waals surface area contributed by atoms with Crippen LogP contribution in [-0.2, 0) is 0 Å². The number of benzene rings is 2. The molecule has 1 N–H and O–H groups in total. The monoisotopic (exact) mass is 201 g/mol. The molecule has 1 aromatic heterocycles. The van der Waals surface area contributed by atoms with Crippen molar-refractivity contribution in [2.75, 3.05) is 0 Å². The number of hydrogen-bond donors (Lipinski definition) is 1. The third-order valence-corrected chi connectivity index (χ3v) is 2.69. The molecule has 68 valence electrons. The molecule has 2 aromatic carbocycles. The summed E-state index contributed by atoms with van der Waals surface area (Å²) in [6.45, 7) is 0. The minimum absolute atomic E-state index is 0.691. The first-order chi connectivity index (χ1) is 6.84. The molecule has 0 bridgehead atoms. The van der Waals surface area contributed by atoms with Crippen LogP contribution < -0.4 is 0 Å². The molecule has 2 heteroatoms. The number of aromatic amines is 1. The lowest BCUT2D eigenvalue weighted by Gasteiger charge is -1.97. The number of H-pyrrole nitrogens is 1. The maximum atomic E-state index is 5.93. The number of fused-ring (bicyclic) bond motifs is 3. The molecule has 0 fully saturated rings. The first-order valence-electron chi connectivity index (χ1n) is 4.50. The summed E-state index contributed by atoms with van der Waals surface area (Å²) >= 11 is 5.93. The van der Waals surface area contributed by atoms with Crippen molar-refractivity contribution < 1.29 is 0 Å². The topological polar surface area (TPSA) is 15.8 Å². The van der Waals surface area contributed by atoms with Crippen LogP contribution in [0.15, 0.2) is 42.5 Å². The predicted molar refractivity (Wildman–Crippen MR) is 60.8 cm³/mol. The van der Waals surface area contributed by atoms with Crippen LogP contribution in [0, 0.1) is 0 Å². The van der Waals surface area contributed by atoms with Gasteiger partial charge in [0.25, 0.3) is 0 Å². The summed E-state index contributed by atoms with van der Waals surface area (Å²) in [5, 5.41) is 4.31. The van der Waals surface area contributed by atoms with Crippen LogP contribution >= 0.6 is 11.6 Å². The molecule has 14 heavy (non-hydrogen) atoms. The van der Waals surface area contributed by atoms with Crippen LogP contribution in [0.5, 0.6) is 0 Å². The van der Waals surface area contributed by atoms with E-state index in [-0.39, 0.29) is 0 Å². The van der Waals surface area contributed by atoms with Crippen molar-refractivity contribution in [3.63, 3.8) is 0 Å². The number of aromatic nitrogens is 1. The standard InChI is InChI=1S/C12H8ClN/c13-11-7-9-6-5-8-3-1-2-4-10(8)12(9)14-11/h1-7,14H. The average Bonchev–Trinajstić information content (AvgIpc) is 2.59. The molecule has 0 aliphatic heterocycles. The summed E-state index contributed by atoms with van der Waals surface area (Å²) < 4.78 is 0. The van der Waals surface area contributed by atoms with Gasteiger partial charge in [-0.25, -0.2) is 0 Å². The first kappa shape index (κ1) is 7.89. The van der Waals surface area contributed by atoms with Crippen LogP contribution in [-0.4, -0.2) is 4.98 Å². The van der Waals surface area contributed by atoms with E-state index in [0.717, 1.165) is 10.9 Å². The fourth-order valence-electron chi connectivity index (χ4n) is 1.84. The van der Waals surface area contributed by atoms with Crippen LogP contribution in [0.2, 0.25) is 5.15 Å². The summed E-state index contributed by atoms with van der Waals surface area (Å²) in [6.07, 6.45) is 0. The van der Waals surface area contributed by atoms with Gasteiger partial charge in [0.2, 0.25) is 0 Å². The van der Waals surface area contributed by atoms with Gasteiger partial charge in [-0.15, -0.1) is 0 Å². The van der Waals surface area contributed by atoms with Crippen molar-refractivity contribution in [1.82, 2.24) is 4.98 Å². The molecule has 3 rings (SSSR count). The summed E-state index contributed by atoms with van der Waals surface area (Å²) in [7, 11) is 0. The predicted octanol–water partition coefficient (Wildman–Crippen LogP) is 3.97. The highest BCUT2D eigenvalue weighted by Crippen LogP contribution is 2.26. The van der Waals surface area contributed by atoms with E-state index in [4.69, 9.17) is 11.6 Å². The lowest BCUT2D eigenvalue weighted by molar-refractivity contribution is 1.49. The van der Waals surface area contributed by atoms with Crippen LogP contribution in [0.1, 0.15) is 0 Å². The molecule has 0 atom stereocenters.